The topological polar surface area (TPSA) is 41.6 Å². The van der Waals surface area contributed by atoms with E-state index in [1.165, 1.54) is 0 Å². The SMILES string of the molecule is CC(C)COC(=O)NCCN(C)C. The zero-order chi connectivity index (χ0) is 10.3. The van der Waals surface area contributed by atoms with Crippen LogP contribution in [0.1, 0.15) is 13.8 Å². The molecule has 78 valence electrons. The van der Waals surface area contributed by atoms with E-state index in [-0.39, 0.29) is 6.09 Å². The maximum Gasteiger partial charge on any atom is 0.407 e. The normalized spacial score (nSPS) is 10.6. The van der Waals surface area contributed by atoms with Crippen molar-refractivity contribution < 1.29 is 9.53 Å². The quantitative estimate of drug-likeness (QED) is 0.698. The minimum Gasteiger partial charge on any atom is -0.449 e. The van der Waals surface area contributed by atoms with E-state index in [2.05, 4.69) is 5.32 Å². The lowest BCUT2D eigenvalue weighted by atomic mass is 10.2. The van der Waals surface area contributed by atoms with E-state index in [0.717, 1.165) is 6.54 Å². The van der Waals surface area contributed by atoms with Crippen molar-refractivity contribution in [3.63, 3.8) is 0 Å². The van der Waals surface area contributed by atoms with Crippen LogP contribution in [0, 0.1) is 5.92 Å². The van der Waals surface area contributed by atoms with Gasteiger partial charge < -0.3 is 15.0 Å². The molecule has 1 amide bonds. The molecule has 1 N–H and O–H groups in total. The van der Waals surface area contributed by atoms with Crippen molar-refractivity contribution in [2.24, 2.45) is 5.92 Å². The van der Waals surface area contributed by atoms with Gasteiger partial charge in [-0.25, -0.2) is 4.79 Å². The smallest absolute Gasteiger partial charge is 0.407 e. The summed E-state index contributed by atoms with van der Waals surface area (Å²) in [7, 11) is 3.92. The highest BCUT2D eigenvalue weighted by Crippen LogP contribution is 1.91. The lowest BCUT2D eigenvalue weighted by Crippen LogP contribution is -2.32. The second-order valence-corrected chi connectivity index (χ2v) is 3.72. The predicted molar refractivity (Wildman–Crippen MR) is 52.7 cm³/mol. The standard InChI is InChI=1S/C9H20N2O2/c1-8(2)7-13-9(12)10-5-6-11(3)4/h8H,5-7H2,1-4H3,(H,10,12). The molecular weight excluding hydrogens is 168 g/mol. The molecule has 4 heteroatoms. The molecule has 0 aromatic heterocycles. The zero-order valence-corrected chi connectivity index (χ0v) is 8.96. The fraction of sp³-hybridized carbons (Fsp3) is 0.889. The van der Waals surface area contributed by atoms with Crippen molar-refractivity contribution >= 4 is 6.09 Å². The molecule has 4 nitrogen and oxygen atoms in total. The molecular formula is C9H20N2O2. The highest BCUT2D eigenvalue weighted by molar-refractivity contribution is 5.67. The van der Waals surface area contributed by atoms with Crippen molar-refractivity contribution in [1.29, 1.82) is 0 Å². The number of hydrogen-bond donors (Lipinski definition) is 1. The summed E-state index contributed by atoms with van der Waals surface area (Å²) in [5.74, 6) is 0.389. The zero-order valence-electron chi connectivity index (χ0n) is 8.96. The monoisotopic (exact) mass is 188 g/mol. The van der Waals surface area contributed by atoms with Crippen LogP contribution in [0.25, 0.3) is 0 Å². The summed E-state index contributed by atoms with van der Waals surface area (Å²) in [5, 5.41) is 2.67. The van der Waals surface area contributed by atoms with Gasteiger partial charge in [-0.3, -0.25) is 0 Å². The minimum atomic E-state index is -0.324. The molecule has 0 aliphatic rings. The first-order valence-electron chi connectivity index (χ1n) is 4.57. The molecule has 0 fully saturated rings. The van der Waals surface area contributed by atoms with Gasteiger partial charge in [0, 0.05) is 13.1 Å². The Morgan fingerprint density at radius 2 is 2.08 bits per heavy atom. The average molecular weight is 188 g/mol. The maximum absolute atomic E-state index is 11.0. The van der Waals surface area contributed by atoms with Crippen LogP contribution in [-0.4, -0.2) is 44.8 Å². The molecule has 0 aromatic carbocycles. The molecule has 0 bridgehead atoms. The lowest BCUT2D eigenvalue weighted by molar-refractivity contribution is 0.132. The Morgan fingerprint density at radius 1 is 1.46 bits per heavy atom. The van der Waals surface area contributed by atoms with Crippen LogP contribution in [0.3, 0.4) is 0 Å². The second kappa shape index (κ2) is 6.71. The maximum atomic E-state index is 11.0. The summed E-state index contributed by atoms with van der Waals surface area (Å²) in [6.45, 7) is 5.95. The number of amides is 1. The first-order chi connectivity index (χ1) is 6.02. The number of carbonyl (C=O) groups is 1. The van der Waals surface area contributed by atoms with E-state index in [4.69, 9.17) is 4.74 Å². The first-order valence-corrected chi connectivity index (χ1v) is 4.57. The van der Waals surface area contributed by atoms with E-state index < -0.39 is 0 Å². The Labute approximate surface area is 80.2 Å². The summed E-state index contributed by atoms with van der Waals surface area (Å²) >= 11 is 0. The third-order valence-electron chi connectivity index (χ3n) is 1.38. The highest BCUT2D eigenvalue weighted by Gasteiger charge is 2.02. The molecule has 0 atom stereocenters. The van der Waals surface area contributed by atoms with Gasteiger partial charge in [0.15, 0.2) is 0 Å². The largest absolute Gasteiger partial charge is 0.449 e. The van der Waals surface area contributed by atoms with Crippen LogP contribution in [-0.2, 0) is 4.74 Å². The Kier molecular flexibility index (Phi) is 6.32. The first kappa shape index (κ1) is 12.2. The van der Waals surface area contributed by atoms with Crippen LogP contribution in [0.2, 0.25) is 0 Å². The molecule has 0 unspecified atom stereocenters. The molecule has 0 radical (unpaired) electrons. The summed E-state index contributed by atoms with van der Waals surface area (Å²) < 4.78 is 4.92. The lowest BCUT2D eigenvalue weighted by Gasteiger charge is -2.11. The molecule has 0 aliphatic heterocycles. The number of hydrogen-bond acceptors (Lipinski definition) is 3. The molecule has 0 spiro atoms. The van der Waals surface area contributed by atoms with Gasteiger partial charge in [-0.1, -0.05) is 13.8 Å². The van der Waals surface area contributed by atoms with Crippen molar-refractivity contribution in [2.45, 2.75) is 13.8 Å². The van der Waals surface area contributed by atoms with Gasteiger partial charge in [-0.05, 0) is 20.0 Å². The van der Waals surface area contributed by atoms with Crippen LogP contribution >= 0.6 is 0 Å². The number of rotatable bonds is 5. The van der Waals surface area contributed by atoms with Crippen LogP contribution < -0.4 is 5.32 Å². The summed E-state index contributed by atoms with van der Waals surface area (Å²) in [6.07, 6.45) is -0.324. The van der Waals surface area contributed by atoms with E-state index in [0.29, 0.717) is 19.1 Å². The Hall–Kier alpha value is -0.770. The molecule has 0 rings (SSSR count). The number of carbonyl (C=O) groups excluding carboxylic acids is 1. The Bertz CT molecular complexity index is 147. The van der Waals surface area contributed by atoms with Gasteiger partial charge >= 0.3 is 6.09 Å². The molecule has 0 heterocycles. The third-order valence-corrected chi connectivity index (χ3v) is 1.38. The summed E-state index contributed by atoms with van der Waals surface area (Å²) in [5.41, 5.74) is 0. The predicted octanol–water partition coefficient (Wildman–Crippen LogP) is 0.930. The van der Waals surface area contributed by atoms with Gasteiger partial charge in [0.1, 0.15) is 0 Å². The van der Waals surface area contributed by atoms with E-state index >= 15 is 0 Å². The second-order valence-electron chi connectivity index (χ2n) is 3.72. The van der Waals surface area contributed by atoms with Gasteiger partial charge in [0.2, 0.25) is 0 Å². The van der Waals surface area contributed by atoms with Crippen LogP contribution in [0.15, 0.2) is 0 Å². The molecule has 0 aromatic rings. The van der Waals surface area contributed by atoms with E-state index in [1.807, 2.05) is 32.8 Å². The van der Waals surface area contributed by atoms with Gasteiger partial charge in [0.05, 0.1) is 6.61 Å². The van der Waals surface area contributed by atoms with Crippen LogP contribution in [0.5, 0.6) is 0 Å². The Morgan fingerprint density at radius 3 is 2.54 bits per heavy atom. The number of nitrogens with one attached hydrogen (secondary N) is 1. The minimum absolute atomic E-state index is 0.324. The van der Waals surface area contributed by atoms with Crippen molar-refractivity contribution in [2.75, 3.05) is 33.8 Å². The molecule has 13 heavy (non-hydrogen) atoms. The van der Waals surface area contributed by atoms with Gasteiger partial charge in [-0.15, -0.1) is 0 Å². The van der Waals surface area contributed by atoms with Gasteiger partial charge in [-0.2, -0.15) is 0 Å². The number of nitrogens with zero attached hydrogens (tertiary/aromatic N) is 1. The summed E-state index contributed by atoms with van der Waals surface area (Å²) in [6, 6.07) is 0. The van der Waals surface area contributed by atoms with Crippen molar-refractivity contribution in [3.05, 3.63) is 0 Å². The molecule has 0 saturated carbocycles. The van der Waals surface area contributed by atoms with Crippen molar-refractivity contribution in [3.8, 4) is 0 Å². The third kappa shape index (κ3) is 9.14. The van der Waals surface area contributed by atoms with Gasteiger partial charge in [0.25, 0.3) is 0 Å². The fourth-order valence-electron chi connectivity index (χ4n) is 0.675. The van der Waals surface area contributed by atoms with Crippen molar-refractivity contribution in [1.82, 2.24) is 10.2 Å². The number of ether oxygens (including phenoxy) is 1. The van der Waals surface area contributed by atoms with E-state index in [1.54, 1.807) is 0 Å². The van der Waals surface area contributed by atoms with E-state index in [9.17, 15) is 4.79 Å². The fourth-order valence-corrected chi connectivity index (χ4v) is 0.675. The van der Waals surface area contributed by atoms with Crippen LogP contribution in [0.4, 0.5) is 4.79 Å². The molecule has 0 aliphatic carbocycles. The Balaban J connectivity index is 3.30. The summed E-state index contributed by atoms with van der Waals surface area (Å²) in [4.78, 5) is 13.0. The number of alkyl carbamates (subject to hydrolysis) is 1. The highest BCUT2D eigenvalue weighted by atomic mass is 16.5. The molecule has 0 saturated heterocycles. The number of likely N-dealkylation sites (N-methyl/N-ethyl adjacent to an activating group) is 1. The average Bonchev–Trinajstić information content (AvgIpc) is 2.00.